The van der Waals surface area contributed by atoms with Crippen LogP contribution in [0.5, 0.6) is 0 Å². The van der Waals surface area contributed by atoms with Crippen molar-refractivity contribution in [2.24, 2.45) is 0 Å². The van der Waals surface area contributed by atoms with E-state index < -0.39 is 20.0 Å². The molecule has 1 aliphatic heterocycles. The fourth-order valence-corrected chi connectivity index (χ4v) is 5.29. The van der Waals surface area contributed by atoms with Gasteiger partial charge in [-0.2, -0.15) is 0 Å². The van der Waals surface area contributed by atoms with Crippen LogP contribution in [0.4, 0.5) is 0 Å². The first-order valence-electron chi connectivity index (χ1n) is 8.56. The highest BCUT2D eigenvalue weighted by Gasteiger charge is 2.29. The second-order valence-electron chi connectivity index (χ2n) is 7.47. The van der Waals surface area contributed by atoms with Crippen LogP contribution in [0.3, 0.4) is 0 Å². The van der Waals surface area contributed by atoms with E-state index in [1.54, 1.807) is 19.1 Å². The summed E-state index contributed by atoms with van der Waals surface area (Å²) in [5.74, 6) is 0.0729. The number of sulfonamides is 2. The fraction of sp³-hybridized carbons (Fsp3) is 0.647. The molecule has 1 aliphatic rings. The molecular formula is C17H28N2O4S2. The van der Waals surface area contributed by atoms with E-state index in [1.165, 1.54) is 4.31 Å². The summed E-state index contributed by atoms with van der Waals surface area (Å²) in [6, 6.07) is 6.69. The second kappa shape index (κ2) is 7.34. The van der Waals surface area contributed by atoms with Crippen molar-refractivity contribution in [2.75, 3.05) is 18.8 Å². The molecule has 1 aromatic carbocycles. The normalized spacial score (nSPS) is 18.4. The number of piperidine rings is 1. The summed E-state index contributed by atoms with van der Waals surface area (Å²) < 4.78 is 53.0. The van der Waals surface area contributed by atoms with E-state index >= 15 is 0 Å². The average Bonchev–Trinajstić information content (AvgIpc) is 2.54. The van der Waals surface area contributed by atoms with Gasteiger partial charge in [-0.1, -0.05) is 32.9 Å². The fourth-order valence-electron chi connectivity index (χ4n) is 2.86. The standard InChI is InChI=1S/C17H28N2O4S2/c1-5-24(20,21)19-12-10-15(11-13-19)18-25(22,23)16-8-6-14(7-9-16)17(2,3)4/h6-9,15,18H,5,10-13H2,1-4H3. The van der Waals surface area contributed by atoms with Gasteiger partial charge >= 0.3 is 0 Å². The zero-order valence-corrected chi connectivity index (χ0v) is 17.0. The van der Waals surface area contributed by atoms with E-state index in [0.717, 1.165) is 5.56 Å². The van der Waals surface area contributed by atoms with Crippen LogP contribution in [0.1, 0.15) is 46.1 Å². The van der Waals surface area contributed by atoms with E-state index in [0.29, 0.717) is 25.9 Å². The Morgan fingerprint density at radius 2 is 1.56 bits per heavy atom. The van der Waals surface area contributed by atoms with E-state index in [-0.39, 0.29) is 22.1 Å². The molecule has 0 spiro atoms. The van der Waals surface area contributed by atoms with E-state index in [4.69, 9.17) is 0 Å². The monoisotopic (exact) mass is 388 g/mol. The van der Waals surface area contributed by atoms with Gasteiger partial charge in [0, 0.05) is 19.1 Å². The number of hydrogen-bond donors (Lipinski definition) is 1. The Labute approximate surface area is 151 Å². The minimum absolute atomic E-state index is 0.0344. The van der Waals surface area contributed by atoms with Crippen LogP contribution in [0.2, 0.25) is 0 Å². The number of nitrogens with zero attached hydrogens (tertiary/aromatic N) is 1. The van der Waals surface area contributed by atoms with Crippen molar-refractivity contribution in [3.63, 3.8) is 0 Å². The van der Waals surface area contributed by atoms with Gasteiger partial charge in [-0.05, 0) is 42.9 Å². The molecule has 0 saturated carbocycles. The van der Waals surface area contributed by atoms with Gasteiger partial charge < -0.3 is 0 Å². The lowest BCUT2D eigenvalue weighted by Gasteiger charge is -2.31. The van der Waals surface area contributed by atoms with Gasteiger partial charge in [0.15, 0.2) is 0 Å². The van der Waals surface area contributed by atoms with Crippen LogP contribution in [0.15, 0.2) is 29.2 Å². The predicted molar refractivity (Wildman–Crippen MR) is 99.5 cm³/mol. The quantitative estimate of drug-likeness (QED) is 0.837. The van der Waals surface area contributed by atoms with Crippen LogP contribution in [-0.4, -0.2) is 46.0 Å². The molecular weight excluding hydrogens is 360 g/mol. The molecule has 2 rings (SSSR count). The zero-order chi connectivity index (χ0) is 18.9. The number of nitrogens with one attached hydrogen (secondary N) is 1. The Kier molecular flexibility index (Phi) is 5.98. The predicted octanol–water partition coefficient (Wildman–Crippen LogP) is 2.08. The first-order valence-corrected chi connectivity index (χ1v) is 11.7. The Morgan fingerprint density at radius 3 is 2.00 bits per heavy atom. The molecule has 0 bridgehead atoms. The van der Waals surface area contributed by atoms with Crippen molar-refractivity contribution in [3.05, 3.63) is 29.8 Å². The lowest BCUT2D eigenvalue weighted by molar-refractivity contribution is 0.309. The molecule has 0 unspecified atom stereocenters. The summed E-state index contributed by atoms with van der Waals surface area (Å²) in [6.07, 6.45) is 0.969. The van der Waals surface area contributed by atoms with Gasteiger partial charge in [0.1, 0.15) is 0 Å². The summed E-state index contributed by atoms with van der Waals surface area (Å²) in [6.45, 7) is 8.55. The maximum absolute atomic E-state index is 12.6. The van der Waals surface area contributed by atoms with Crippen LogP contribution in [0, 0.1) is 0 Å². The smallest absolute Gasteiger partial charge is 0.212 e. The minimum atomic E-state index is -3.60. The Bertz CT molecular complexity index is 786. The highest BCUT2D eigenvalue weighted by Crippen LogP contribution is 2.24. The van der Waals surface area contributed by atoms with E-state index in [9.17, 15) is 16.8 Å². The summed E-state index contributed by atoms with van der Waals surface area (Å²) >= 11 is 0. The molecule has 6 nitrogen and oxygen atoms in total. The van der Waals surface area contributed by atoms with Crippen LogP contribution >= 0.6 is 0 Å². The van der Waals surface area contributed by atoms with Crippen molar-refractivity contribution >= 4 is 20.0 Å². The van der Waals surface area contributed by atoms with Gasteiger partial charge in [-0.25, -0.2) is 25.9 Å². The van der Waals surface area contributed by atoms with Crippen molar-refractivity contribution in [3.8, 4) is 0 Å². The lowest BCUT2D eigenvalue weighted by atomic mass is 9.87. The number of benzene rings is 1. The Balaban J connectivity index is 2.03. The number of rotatable bonds is 5. The SMILES string of the molecule is CCS(=O)(=O)N1CCC(NS(=O)(=O)c2ccc(C(C)(C)C)cc2)CC1. The maximum atomic E-state index is 12.6. The third kappa shape index (κ3) is 5.03. The average molecular weight is 389 g/mol. The molecule has 0 aliphatic carbocycles. The Hall–Kier alpha value is -0.960. The van der Waals surface area contributed by atoms with Crippen molar-refractivity contribution in [1.82, 2.24) is 9.03 Å². The molecule has 1 aromatic rings. The summed E-state index contributed by atoms with van der Waals surface area (Å²) in [4.78, 5) is 0.240. The first kappa shape index (κ1) is 20.4. The van der Waals surface area contributed by atoms with Gasteiger partial charge in [0.25, 0.3) is 0 Å². The topological polar surface area (TPSA) is 83.6 Å². The minimum Gasteiger partial charge on any atom is -0.212 e. The van der Waals surface area contributed by atoms with Gasteiger partial charge in [0.2, 0.25) is 20.0 Å². The molecule has 25 heavy (non-hydrogen) atoms. The molecule has 142 valence electrons. The van der Waals surface area contributed by atoms with E-state index in [1.807, 2.05) is 12.1 Å². The van der Waals surface area contributed by atoms with Gasteiger partial charge in [-0.3, -0.25) is 0 Å². The molecule has 1 N–H and O–H groups in total. The second-order valence-corrected chi connectivity index (χ2v) is 11.4. The highest BCUT2D eigenvalue weighted by atomic mass is 32.2. The third-order valence-corrected chi connectivity index (χ3v) is 7.98. The summed E-state index contributed by atoms with van der Waals surface area (Å²) in [7, 11) is -6.80. The molecule has 0 amide bonds. The van der Waals surface area contributed by atoms with Crippen LogP contribution in [0.25, 0.3) is 0 Å². The van der Waals surface area contributed by atoms with Crippen LogP contribution in [-0.2, 0) is 25.5 Å². The molecule has 1 saturated heterocycles. The molecule has 8 heteroatoms. The highest BCUT2D eigenvalue weighted by molar-refractivity contribution is 7.89. The van der Waals surface area contributed by atoms with Crippen LogP contribution < -0.4 is 4.72 Å². The maximum Gasteiger partial charge on any atom is 0.240 e. The largest absolute Gasteiger partial charge is 0.240 e. The first-order chi connectivity index (χ1) is 11.5. The zero-order valence-electron chi connectivity index (χ0n) is 15.3. The van der Waals surface area contributed by atoms with Gasteiger partial charge in [0.05, 0.1) is 10.6 Å². The molecule has 1 fully saturated rings. The third-order valence-electron chi connectivity index (χ3n) is 4.56. The lowest BCUT2D eigenvalue weighted by Crippen LogP contribution is -2.46. The van der Waals surface area contributed by atoms with Crippen molar-refractivity contribution in [2.45, 2.75) is 56.9 Å². The summed E-state index contributed by atoms with van der Waals surface area (Å²) in [5.41, 5.74) is 1.04. The van der Waals surface area contributed by atoms with E-state index in [2.05, 4.69) is 25.5 Å². The van der Waals surface area contributed by atoms with Crippen molar-refractivity contribution in [1.29, 1.82) is 0 Å². The molecule has 1 heterocycles. The Morgan fingerprint density at radius 1 is 1.04 bits per heavy atom. The number of hydrogen-bond acceptors (Lipinski definition) is 4. The molecule has 0 aromatic heterocycles. The van der Waals surface area contributed by atoms with Gasteiger partial charge in [-0.15, -0.1) is 0 Å². The van der Waals surface area contributed by atoms with Crippen molar-refractivity contribution < 1.29 is 16.8 Å². The molecule has 0 atom stereocenters. The molecule has 0 radical (unpaired) electrons. The summed E-state index contributed by atoms with van der Waals surface area (Å²) in [5, 5.41) is 0.